The highest BCUT2D eigenvalue weighted by Gasteiger charge is 2.07. The third kappa shape index (κ3) is 1.89. The highest BCUT2D eigenvalue weighted by atomic mass is 19.1. The van der Waals surface area contributed by atoms with Crippen molar-refractivity contribution in [3.05, 3.63) is 59.9 Å². The van der Waals surface area contributed by atoms with Gasteiger partial charge in [0.15, 0.2) is 0 Å². The summed E-state index contributed by atoms with van der Waals surface area (Å²) in [5, 5.41) is 0.767. The Morgan fingerprint density at radius 1 is 1.06 bits per heavy atom. The number of hydrogen-bond donors (Lipinski definition) is 1. The van der Waals surface area contributed by atoms with Crippen molar-refractivity contribution in [1.82, 2.24) is 0 Å². The number of nitrogens with two attached hydrogens (primary N) is 1. The van der Waals surface area contributed by atoms with Crippen LogP contribution in [0.4, 0.5) is 4.39 Å². The van der Waals surface area contributed by atoms with E-state index in [1.165, 1.54) is 12.1 Å². The van der Waals surface area contributed by atoms with Crippen molar-refractivity contribution in [2.24, 2.45) is 5.73 Å². The first-order valence-electron chi connectivity index (χ1n) is 5.75. The molecule has 0 saturated heterocycles. The van der Waals surface area contributed by atoms with Gasteiger partial charge in [0.05, 0.1) is 0 Å². The maximum absolute atomic E-state index is 13.1. The Labute approximate surface area is 104 Å². The van der Waals surface area contributed by atoms with Crippen LogP contribution in [-0.4, -0.2) is 0 Å². The summed E-state index contributed by atoms with van der Waals surface area (Å²) in [6, 6.07) is 14.2. The first-order valence-corrected chi connectivity index (χ1v) is 5.75. The lowest BCUT2D eigenvalue weighted by molar-refractivity contribution is 0.619. The molecule has 3 aromatic rings. The van der Waals surface area contributed by atoms with E-state index in [0.29, 0.717) is 12.1 Å². The highest BCUT2D eigenvalue weighted by molar-refractivity contribution is 5.82. The zero-order valence-electron chi connectivity index (χ0n) is 9.69. The smallest absolute Gasteiger partial charge is 0.135 e. The molecule has 18 heavy (non-hydrogen) atoms. The first kappa shape index (κ1) is 11.0. The first-order chi connectivity index (χ1) is 8.76. The molecule has 0 radical (unpaired) electrons. The van der Waals surface area contributed by atoms with E-state index in [9.17, 15) is 4.39 Å². The summed E-state index contributed by atoms with van der Waals surface area (Å²) < 4.78 is 18.8. The van der Waals surface area contributed by atoms with Gasteiger partial charge < -0.3 is 10.2 Å². The predicted octanol–water partition coefficient (Wildman–Crippen LogP) is 3.70. The van der Waals surface area contributed by atoms with Crippen molar-refractivity contribution in [1.29, 1.82) is 0 Å². The van der Waals surface area contributed by atoms with Gasteiger partial charge in [0.1, 0.15) is 17.2 Å². The molecule has 0 aliphatic heterocycles. The van der Waals surface area contributed by atoms with E-state index in [0.717, 1.165) is 22.3 Å². The average molecular weight is 241 g/mol. The fraction of sp³-hybridized carbons (Fsp3) is 0.0667. The second-order valence-electron chi connectivity index (χ2n) is 4.20. The second-order valence-corrected chi connectivity index (χ2v) is 4.20. The maximum atomic E-state index is 13.1. The van der Waals surface area contributed by atoms with Crippen molar-refractivity contribution in [2.45, 2.75) is 6.54 Å². The summed E-state index contributed by atoms with van der Waals surface area (Å²) in [5.74, 6) is 0.469. The van der Waals surface area contributed by atoms with E-state index in [1.807, 2.05) is 30.3 Å². The second kappa shape index (κ2) is 4.27. The van der Waals surface area contributed by atoms with E-state index < -0.39 is 0 Å². The van der Waals surface area contributed by atoms with Crippen LogP contribution in [0.25, 0.3) is 22.3 Å². The number of hydrogen-bond acceptors (Lipinski definition) is 2. The lowest BCUT2D eigenvalue weighted by atomic mass is 10.1. The number of rotatable bonds is 2. The molecule has 0 aliphatic carbocycles. The predicted molar refractivity (Wildman–Crippen MR) is 69.5 cm³/mol. The van der Waals surface area contributed by atoms with Crippen LogP contribution in [0.1, 0.15) is 5.56 Å². The van der Waals surface area contributed by atoms with Crippen molar-refractivity contribution in [2.75, 3.05) is 0 Å². The van der Waals surface area contributed by atoms with Gasteiger partial charge in [0.2, 0.25) is 0 Å². The molecule has 3 rings (SSSR count). The minimum atomic E-state index is -0.259. The van der Waals surface area contributed by atoms with Gasteiger partial charge in [-0.1, -0.05) is 18.2 Å². The standard InChI is InChI=1S/C15H12FNO/c16-13-4-5-14-12(7-13)8-15(18-14)11-3-1-2-10(6-11)9-17/h1-8H,9,17H2. The molecule has 2 aromatic carbocycles. The van der Waals surface area contributed by atoms with Gasteiger partial charge in [0, 0.05) is 17.5 Å². The summed E-state index contributed by atoms with van der Waals surface area (Å²) in [5.41, 5.74) is 8.29. The molecular formula is C15H12FNO. The van der Waals surface area contributed by atoms with Gasteiger partial charge in [-0.3, -0.25) is 0 Å². The number of furan rings is 1. The Kier molecular flexibility index (Phi) is 2.61. The van der Waals surface area contributed by atoms with Gasteiger partial charge in [-0.15, -0.1) is 0 Å². The number of benzene rings is 2. The van der Waals surface area contributed by atoms with E-state index >= 15 is 0 Å². The third-order valence-corrected chi connectivity index (χ3v) is 2.93. The Balaban J connectivity index is 2.13. The van der Waals surface area contributed by atoms with Crippen LogP contribution in [0.15, 0.2) is 52.9 Å². The molecule has 0 spiro atoms. The van der Waals surface area contributed by atoms with Crippen molar-refractivity contribution < 1.29 is 8.81 Å². The minimum Gasteiger partial charge on any atom is -0.456 e. The molecule has 0 atom stereocenters. The van der Waals surface area contributed by atoms with Crippen LogP contribution in [0, 0.1) is 5.82 Å². The summed E-state index contributed by atoms with van der Waals surface area (Å²) in [6.07, 6.45) is 0. The van der Waals surface area contributed by atoms with E-state index in [2.05, 4.69) is 0 Å². The molecule has 2 nitrogen and oxygen atoms in total. The Morgan fingerprint density at radius 3 is 2.78 bits per heavy atom. The monoisotopic (exact) mass is 241 g/mol. The molecule has 3 heteroatoms. The van der Waals surface area contributed by atoms with Crippen LogP contribution in [0.2, 0.25) is 0 Å². The van der Waals surface area contributed by atoms with Crippen molar-refractivity contribution >= 4 is 11.0 Å². The van der Waals surface area contributed by atoms with Gasteiger partial charge >= 0.3 is 0 Å². The molecule has 0 amide bonds. The summed E-state index contributed by atoms with van der Waals surface area (Å²) in [6.45, 7) is 0.489. The summed E-state index contributed by atoms with van der Waals surface area (Å²) in [4.78, 5) is 0. The molecule has 2 N–H and O–H groups in total. The molecule has 0 fully saturated rings. The van der Waals surface area contributed by atoms with Crippen molar-refractivity contribution in [3.63, 3.8) is 0 Å². The van der Waals surface area contributed by atoms with E-state index in [4.69, 9.17) is 10.2 Å². The van der Waals surface area contributed by atoms with Gasteiger partial charge in [-0.05, 0) is 35.9 Å². The fourth-order valence-electron chi connectivity index (χ4n) is 2.01. The largest absolute Gasteiger partial charge is 0.456 e. The molecule has 0 bridgehead atoms. The molecule has 0 unspecified atom stereocenters. The zero-order valence-corrected chi connectivity index (χ0v) is 9.69. The highest BCUT2D eigenvalue weighted by Crippen LogP contribution is 2.28. The van der Waals surface area contributed by atoms with Gasteiger partial charge in [0.25, 0.3) is 0 Å². The van der Waals surface area contributed by atoms with Crippen LogP contribution in [0.3, 0.4) is 0 Å². The Morgan fingerprint density at radius 2 is 1.94 bits per heavy atom. The minimum absolute atomic E-state index is 0.259. The van der Waals surface area contributed by atoms with E-state index in [-0.39, 0.29) is 5.82 Å². The van der Waals surface area contributed by atoms with Gasteiger partial charge in [-0.2, -0.15) is 0 Å². The number of fused-ring (bicyclic) bond motifs is 1. The van der Waals surface area contributed by atoms with Crippen LogP contribution < -0.4 is 5.73 Å². The average Bonchev–Trinajstić information content (AvgIpc) is 2.81. The van der Waals surface area contributed by atoms with Crippen LogP contribution in [0.5, 0.6) is 0 Å². The topological polar surface area (TPSA) is 39.2 Å². The molecule has 1 aromatic heterocycles. The lowest BCUT2D eigenvalue weighted by Gasteiger charge is -1.99. The number of halogens is 1. The quantitative estimate of drug-likeness (QED) is 0.743. The molecule has 1 heterocycles. The summed E-state index contributed by atoms with van der Waals surface area (Å²) in [7, 11) is 0. The zero-order chi connectivity index (χ0) is 12.5. The molecule has 90 valence electrons. The fourth-order valence-corrected chi connectivity index (χ4v) is 2.01. The van der Waals surface area contributed by atoms with Gasteiger partial charge in [-0.25, -0.2) is 4.39 Å². The third-order valence-electron chi connectivity index (χ3n) is 2.93. The SMILES string of the molecule is NCc1cccc(-c2cc3cc(F)ccc3o2)c1. The normalized spacial score (nSPS) is 11.0. The lowest BCUT2D eigenvalue weighted by Crippen LogP contribution is -1.95. The molecule has 0 aliphatic rings. The Bertz CT molecular complexity index is 703. The van der Waals surface area contributed by atoms with Crippen LogP contribution >= 0.6 is 0 Å². The maximum Gasteiger partial charge on any atom is 0.135 e. The Hall–Kier alpha value is -2.13. The summed E-state index contributed by atoms with van der Waals surface area (Å²) >= 11 is 0. The van der Waals surface area contributed by atoms with Crippen molar-refractivity contribution in [3.8, 4) is 11.3 Å². The molecule has 0 saturated carbocycles. The van der Waals surface area contributed by atoms with E-state index in [1.54, 1.807) is 6.07 Å². The molecular weight excluding hydrogens is 229 g/mol. The van der Waals surface area contributed by atoms with Crippen LogP contribution in [-0.2, 0) is 6.54 Å².